The van der Waals surface area contributed by atoms with Crippen LogP contribution in [-0.2, 0) is 12.7 Å². The summed E-state index contributed by atoms with van der Waals surface area (Å²) in [7, 11) is 0. The second kappa shape index (κ2) is 10.4. The summed E-state index contributed by atoms with van der Waals surface area (Å²) in [5.41, 5.74) is 2.70. The van der Waals surface area contributed by atoms with Crippen LogP contribution in [0.15, 0.2) is 72.8 Å². The molecule has 0 unspecified atom stereocenters. The SMILES string of the molecule is CC(C)c1ccc(CN2CCCN(c3cccc(NC(=O)c4ccc(C(F)(F)F)cc4)c3)C2=O)cc1. The van der Waals surface area contributed by atoms with Gasteiger partial charge in [-0.1, -0.05) is 44.2 Å². The molecular weight excluding hydrogens is 467 g/mol. The van der Waals surface area contributed by atoms with Gasteiger partial charge in [0, 0.05) is 36.6 Å². The Kier molecular flexibility index (Phi) is 7.33. The minimum Gasteiger partial charge on any atom is -0.322 e. The van der Waals surface area contributed by atoms with E-state index in [0.717, 1.165) is 36.2 Å². The Hall–Kier alpha value is -3.81. The number of anilines is 2. The van der Waals surface area contributed by atoms with Crippen molar-refractivity contribution in [2.75, 3.05) is 23.3 Å². The number of nitrogens with one attached hydrogen (secondary N) is 1. The molecule has 0 atom stereocenters. The molecule has 188 valence electrons. The van der Waals surface area contributed by atoms with Gasteiger partial charge in [-0.25, -0.2) is 4.79 Å². The number of urea groups is 1. The van der Waals surface area contributed by atoms with Crippen molar-refractivity contribution in [2.24, 2.45) is 0 Å². The van der Waals surface area contributed by atoms with Gasteiger partial charge in [0.2, 0.25) is 0 Å². The lowest BCUT2D eigenvalue weighted by molar-refractivity contribution is -0.137. The third-order valence-corrected chi connectivity index (χ3v) is 6.22. The standard InChI is InChI=1S/C28H28F3N3O2/c1-19(2)21-9-7-20(8-10-21)18-33-15-4-16-34(27(33)36)25-6-3-5-24(17-25)32-26(35)22-11-13-23(14-12-22)28(29,30)31/h3,5-14,17,19H,4,15-16,18H2,1-2H3,(H,32,35). The molecule has 1 saturated heterocycles. The fourth-order valence-electron chi connectivity index (χ4n) is 4.16. The third-order valence-electron chi connectivity index (χ3n) is 6.22. The predicted octanol–water partition coefficient (Wildman–Crippen LogP) is 6.91. The number of rotatable bonds is 6. The predicted molar refractivity (Wildman–Crippen MR) is 134 cm³/mol. The molecule has 3 aromatic rings. The van der Waals surface area contributed by atoms with E-state index in [4.69, 9.17) is 0 Å². The van der Waals surface area contributed by atoms with Gasteiger partial charge in [-0.2, -0.15) is 13.2 Å². The van der Waals surface area contributed by atoms with Gasteiger partial charge in [-0.05, 0) is 65.9 Å². The van der Waals surface area contributed by atoms with Crippen molar-refractivity contribution < 1.29 is 22.8 Å². The van der Waals surface area contributed by atoms with Crippen LogP contribution >= 0.6 is 0 Å². The molecule has 0 saturated carbocycles. The lowest BCUT2D eigenvalue weighted by Gasteiger charge is -2.36. The van der Waals surface area contributed by atoms with Crippen LogP contribution in [0.25, 0.3) is 0 Å². The summed E-state index contributed by atoms with van der Waals surface area (Å²) in [4.78, 5) is 29.3. The number of carbonyl (C=O) groups excluding carboxylic acids is 2. The molecule has 0 aliphatic carbocycles. The Bertz CT molecular complexity index is 1220. The molecule has 0 bridgehead atoms. The van der Waals surface area contributed by atoms with Gasteiger partial charge in [0.1, 0.15) is 0 Å². The zero-order chi connectivity index (χ0) is 25.9. The van der Waals surface area contributed by atoms with E-state index in [9.17, 15) is 22.8 Å². The first-order valence-corrected chi connectivity index (χ1v) is 11.9. The van der Waals surface area contributed by atoms with E-state index >= 15 is 0 Å². The largest absolute Gasteiger partial charge is 0.416 e. The summed E-state index contributed by atoms with van der Waals surface area (Å²) in [5.74, 6) is -0.0875. The van der Waals surface area contributed by atoms with Crippen molar-refractivity contribution in [2.45, 2.75) is 38.9 Å². The van der Waals surface area contributed by atoms with E-state index in [2.05, 4.69) is 43.4 Å². The average molecular weight is 496 g/mol. The molecule has 1 N–H and O–H groups in total. The Morgan fingerprint density at radius 3 is 2.31 bits per heavy atom. The number of benzene rings is 3. The molecule has 3 aromatic carbocycles. The van der Waals surface area contributed by atoms with Crippen LogP contribution in [0, 0.1) is 0 Å². The maximum Gasteiger partial charge on any atom is 0.416 e. The van der Waals surface area contributed by atoms with E-state index in [-0.39, 0.29) is 11.6 Å². The third kappa shape index (κ3) is 5.87. The Morgan fingerprint density at radius 2 is 1.67 bits per heavy atom. The molecule has 0 radical (unpaired) electrons. The van der Waals surface area contributed by atoms with Gasteiger partial charge in [-0.15, -0.1) is 0 Å². The highest BCUT2D eigenvalue weighted by Crippen LogP contribution is 2.29. The summed E-state index contributed by atoms with van der Waals surface area (Å²) in [6.07, 6.45) is -3.66. The number of nitrogens with zero attached hydrogens (tertiary/aromatic N) is 2. The summed E-state index contributed by atoms with van der Waals surface area (Å²) in [5, 5.41) is 2.70. The second-order valence-corrected chi connectivity index (χ2v) is 9.19. The van der Waals surface area contributed by atoms with Crippen LogP contribution in [0.4, 0.5) is 29.3 Å². The summed E-state index contributed by atoms with van der Waals surface area (Å²) in [6.45, 7) is 6.00. The number of hydrogen-bond acceptors (Lipinski definition) is 2. The summed E-state index contributed by atoms with van der Waals surface area (Å²) >= 11 is 0. The number of hydrogen-bond donors (Lipinski definition) is 1. The normalized spacial score (nSPS) is 14.3. The highest BCUT2D eigenvalue weighted by molar-refractivity contribution is 6.04. The van der Waals surface area contributed by atoms with Gasteiger partial charge in [-0.3, -0.25) is 9.69 Å². The minimum absolute atomic E-state index is 0.108. The van der Waals surface area contributed by atoms with Crippen molar-refractivity contribution >= 4 is 23.3 Å². The van der Waals surface area contributed by atoms with Crippen LogP contribution in [-0.4, -0.2) is 29.9 Å². The van der Waals surface area contributed by atoms with Crippen molar-refractivity contribution in [3.63, 3.8) is 0 Å². The topological polar surface area (TPSA) is 52.6 Å². The molecule has 36 heavy (non-hydrogen) atoms. The van der Waals surface area contributed by atoms with Gasteiger partial charge >= 0.3 is 12.2 Å². The fourth-order valence-corrected chi connectivity index (χ4v) is 4.16. The lowest BCUT2D eigenvalue weighted by atomic mass is 10.0. The van der Waals surface area contributed by atoms with Crippen molar-refractivity contribution in [1.29, 1.82) is 0 Å². The van der Waals surface area contributed by atoms with Gasteiger partial charge in [0.25, 0.3) is 5.91 Å². The molecule has 8 heteroatoms. The molecule has 1 aliphatic heterocycles. The Balaban J connectivity index is 1.44. The number of carbonyl (C=O) groups is 2. The second-order valence-electron chi connectivity index (χ2n) is 9.19. The number of amides is 3. The first kappa shape index (κ1) is 25.3. The first-order chi connectivity index (χ1) is 17.1. The average Bonchev–Trinajstić information content (AvgIpc) is 2.85. The zero-order valence-electron chi connectivity index (χ0n) is 20.2. The number of alkyl halides is 3. The van der Waals surface area contributed by atoms with E-state index in [1.54, 1.807) is 34.1 Å². The lowest BCUT2D eigenvalue weighted by Crippen LogP contribution is -2.49. The highest BCUT2D eigenvalue weighted by atomic mass is 19.4. The molecule has 1 aliphatic rings. The first-order valence-electron chi connectivity index (χ1n) is 11.9. The summed E-state index contributed by atoms with van der Waals surface area (Å²) in [6, 6.07) is 19.1. The molecule has 4 rings (SSSR count). The molecule has 0 aromatic heterocycles. The van der Waals surface area contributed by atoms with Gasteiger partial charge in [0.05, 0.1) is 5.56 Å². The Morgan fingerprint density at radius 1 is 0.972 bits per heavy atom. The van der Waals surface area contributed by atoms with E-state index in [1.165, 1.54) is 5.56 Å². The van der Waals surface area contributed by atoms with E-state index < -0.39 is 17.6 Å². The molecule has 3 amide bonds. The van der Waals surface area contributed by atoms with Crippen molar-refractivity contribution in [3.05, 3.63) is 95.1 Å². The molecule has 5 nitrogen and oxygen atoms in total. The Labute approximate surface area is 208 Å². The van der Waals surface area contributed by atoms with Crippen LogP contribution in [0.5, 0.6) is 0 Å². The van der Waals surface area contributed by atoms with Gasteiger partial charge < -0.3 is 10.2 Å². The van der Waals surface area contributed by atoms with Crippen LogP contribution in [0.3, 0.4) is 0 Å². The fraction of sp³-hybridized carbons (Fsp3) is 0.286. The maximum atomic E-state index is 13.2. The minimum atomic E-state index is -4.46. The molecule has 1 fully saturated rings. The molecular formula is C28H28F3N3O2. The maximum absolute atomic E-state index is 13.2. The van der Waals surface area contributed by atoms with Crippen molar-refractivity contribution in [1.82, 2.24) is 4.90 Å². The van der Waals surface area contributed by atoms with Crippen LogP contribution in [0.2, 0.25) is 0 Å². The van der Waals surface area contributed by atoms with E-state index in [1.807, 2.05) is 0 Å². The smallest absolute Gasteiger partial charge is 0.322 e. The highest BCUT2D eigenvalue weighted by Gasteiger charge is 2.30. The van der Waals surface area contributed by atoms with Gasteiger partial charge in [0.15, 0.2) is 0 Å². The molecule has 0 spiro atoms. The van der Waals surface area contributed by atoms with E-state index in [0.29, 0.717) is 36.9 Å². The molecule has 1 heterocycles. The quantitative estimate of drug-likeness (QED) is 0.404. The zero-order valence-corrected chi connectivity index (χ0v) is 20.2. The monoisotopic (exact) mass is 495 g/mol. The summed E-state index contributed by atoms with van der Waals surface area (Å²) < 4.78 is 38.3. The van der Waals surface area contributed by atoms with Crippen LogP contribution < -0.4 is 10.2 Å². The number of halogens is 3. The van der Waals surface area contributed by atoms with Crippen LogP contribution in [0.1, 0.15) is 53.2 Å². The van der Waals surface area contributed by atoms with Crippen molar-refractivity contribution in [3.8, 4) is 0 Å².